The fourth-order valence-electron chi connectivity index (χ4n) is 1.62. The fraction of sp³-hybridized carbons (Fsp3) is 0.417. The van der Waals surface area contributed by atoms with Crippen LogP contribution in [0.2, 0.25) is 5.15 Å². The minimum atomic E-state index is 0.494. The molecule has 0 aliphatic heterocycles. The van der Waals surface area contributed by atoms with Gasteiger partial charge in [0.15, 0.2) is 0 Å². The molecule has 6 heteroatoms. The molecule has 2 rings (SSSR count). The Morgan fingerprint density at radius 1 is 1.39 bits per heavy atom. The van der Waals surface area contributed by atoms with E-state index in [0.29, 0.717) is 5.15 Å². The fourth-order valence-corrected chi connectivity index (χ4v) is 2.37. The molecule has 0 N–H and O–H groups in total. The summed E-state index contributed by atoms with van der Waals surface area (Å²) in [7, 11) is 1.98. The van der Waals surface area contributed by atoms with E-state index in [9.17, 15) is 0 Å². The first kappa shape index (κ1) is 13.2. The second-order valence-electron chi connectivity index (χ2n) is 4.05. The molecule has 0 saturated heterocycles. The number of aryl methyl sites for hydroxylation is 1. The SMILES string of the molecule is CCCc1nc(Cl)cc(N(C)Cc2cscn2)n1. The average Bonchev–Trinajstić information content (AvgIpc) is 2.81. The number of halogens is 1. The zero-order chi connectivity index (χ0) is 13.0. The quantitative estimate of drug-likeness (QED) is 0.790. The monoisotopic (exact) mass is 282 g/mol. The molecule has 0 amide bonds. The van der Waals surface area contributed by atoms with Crippen molar-refractivity contribution in [3.63, 3.8) is 0 Å². The largest absolute Gasteiger partial charge is 0.354 e. The molecule has 0 aliphatic rings. The first-order valence-electron chi connectivity index (χ1n) is 5.80. The molecule has 2 heterocycles. The summed E-state index contributed by atoms with van der Waals surface area (Å²) < 4.78 is 0. The third-order valence-corrected chi connectivity index (χ3v) is 3.30. The third-order valence-electron chi connectivity index (χ3n) is 2.48. The first-order chi connectivity index (χ1) is 8.69. The highest BCUT2D eigenvalue weighted by Crippen LogP contribution is 2.17. The summed E-state index contributed by atoms with van der Waals surface area (Å²) in [4.78, 5) is 15.0. The maximum absolute atomic E-state index is 6.02. The van der Waals surface area contributed by atoms with Crippen molar-refractivity contribution in [1.29, 1.82) is 0 Å². The molecule has 18 heavy (non-hydrogen) atoms. The predicted octanol–water partition coefficient (Wildman–Crippen LogP) is 3.18. The lowest BCUT2D eigenvalue weighted by molar-refractivity contribution is 0.807. The van der Waals surface area contributed by atoms with Crippen molar-refractivity contribution in [2.45, 2.75) is 26.3 Å². The van der Waals surface area contributed by atoms with E-state index in [0.717, 1.165) is 36.7 Å². The summed E-state index contributed by atoms with van der Waals surface area (Å²) in [6, 6.07) is 1.78. The highest BCUT2D eigenvalue weighted by atomic mass is 35.5. The highest BCUT2D eigenvalue weighted by molar-refractivity contribution is 7.07. The summed E-state index contributed by atoms with van der Waals surface area (Å²) in [5.41, 5.74) is 2.87. The Morgan fingerprint density at radius 3 is 2.89 bits per heavy atom. The molecule has 96 valence electrons. The molecular formula is C12H15ClN4S. The van der Waals surface area contributed by atoms with E-state index in [1.54, 1.807) is 17.4 Å². The summed E-state index contributed by atoms with van der Waals surface area (Å²) in [5, 5.41) is 2.53. The third kappa shape index (κ3) is 3.40. The molecule has 2 aromatic rings. The van der Waals surface area contributed by atoms with Crippen molar-refractivity contribution in [2.24, 2.45) is 0 Å². The van der Waals surface area contributed by atoms with E-state index in [-0.39, 0.29) is 0 Å². The van der Waals surface area contributed by atoms with Gasteiger partial charge >= 0.3 is 0 Å². The number of thiazole rings is 1. The standard InChI is InChI=1S/C12H15ClN4S/c1-3-4-11-15-10(13)5-12(16-11)17(2)6-9-7-18-8-14-9/h5,7-8H,3-4,6H2,1-2H3. The topological polar surface area (TPSA) is 41.9 Å². The van der Waals surface area contributed by atoms with Gasteiger partial charge in [0.2, 0.25) is 0 Å². The maximum Gasteiger partial charge on any atom is 0.134 e. The number of hydrogen-bond donors (Lipinski definition) is 0. The van der Waals surface area contributed by atoms with Crippen LogP contribution in [0.5, 0.6) is 0 Å². The van der Waals surface area contributed by atoms with Gasteiger partial charge in [0, 0.05) is 24.9 Å². The molecule has 0 bridgehead atoms. The van der Waals surface area contributed by atoms with Gasteiger partial charge in [-0.25, -0.2) is 15.0 Å². The Balaban J connectivity index is 2.16. The van der Waals surface area contributed by atoms with Gasteiger partial charge in [-0.1, -0.05) is 18.5 Å². The molecule has 4 nitrogen and oxygen atoms in total. The molecule has 0 atom stereocenters. The number of aromatic nitrogens is 3. The Kier molecular flexibility index (Phi) is 4.49. The number of anilines is 1. The second kappa shape index (κ2) is 6.11. The van der Waals surface area contributed by atoms with Crippen molar-refractivity contribution >= 4 is 28.8 Å². The lowest BCUT2D eigenvalue weighted by Gasteiger charge is -2.17. The predicted molar refractivity (Wildman–Crippen MR) is 75.3 cm³/mol. The van der Waals surface area contributed by atoms with Crippen molar-refractivity contribution in [3.8, 4) is 0 Å². The van der Waals surface area contributed by atoms with Gasteiger partial charge in [0.25, 0.3) is 0 Å². The van der Waals surface area contributed by atoms with Crippen LogP contribution in [0.25, 0.3) is 0 Å². The average molecular weight is 283 g/mol. The number of rotatable bonds is 5. The summed E-state index contributed by atoms with van der Waals surface area (Å²) >= 11 is 7.61. The van der Waals surface area contributed by atoms with E-state index in [2.05, 4.69) is 21.9 Å². The van der Waals surface area contributed by atoms with E-state index in [1.165, 1.54) is 0 Å². The van der Waals surface area contributed by atoms with Gasteiger partial charge < -0.3 is 4.90 Å². The molecule has 0 spiro atoms. The van der Waals surface area contributed by atoms with Crippen LogP contribution in [-0.2, 0) is 13.0 Å². The second-order valence-corrected chi connectivity index (χ2v) is 5.16. The van der Waals surface area contributed by atoms with Gasteiger partial charge in [-0.3, -0.25) is 0 Å². The van der Waals surface area contributed by atoms with Gasteiger partial charge in [0.1, 0.15) is 16.8 Å². The Hall–Kier alpha value is -1.20. The van der Waals surface area contributed by atoms with Gasteiger partial charge in [-0.05, 0) is 6.42 Å². The summed E-state index contributed by atoms with van der Waals surface area (Å²) in [5.74, 6) is 1.64. The van der Waals surface area contributed by atoms with Crippen LogP contribution in [0, 0.1) is 0 Å². The normalized spacial score (nSPS) is 10.6. The lowest BCUT2D eigenvalue weighted by atomic mass is 10.3. The van der Waals surface area contributed by atoms with Crippen molar-refractivity contribution in [3.05, 3.63) is 33.6 Å². The van der Waals surface area contributed by atoms with Crippen molar-refractivity contribution < 1.29 is 0 Å². The number of hydrogen-bond acceptors (Lipinski definition) is 5. The van der Waals surface area contributed by atoms with Crippen LogP contribution < -0.4 is 4.90 Å². The molecule has 0 aliphatic carbocycles. The van der Waals surface area contributed by atoms with E-state index < -0.39 is 0 Å². The Morgan fingerprint density at radius 2 is 2.22 bits per heavy atom. The summed E-state index contributed by atoms with van der Waals surface area (Å²) in [6.07, 6.45) is 1.85. The zero-order valence-corrected chi connectivity index (χ0v) is 12.0. The van der Waals surface area contributed by atoms with Gasteiger partial charge in [-0.15, -0.1) is 11.3 Å². The molecule has 0 unspecified atom stereocenters. The van der Waals surface area contributed by atoms with E-state index >= 15 is 0 Å². The summed E-state index contributed by atoms with van der Waals surface area (Å²) in [6.45, 7) is 2.82. The van der Waals surface area contributed by atoms with Crippen LogP contribution in [0.4, 0.5) is 5.82 Å². The minimum Gasteiger partial charge on any atom is -0.354 e. The molecule has 2 aromatic heterocycles. The van der Waals surface area contributed by atoms with Crippen LogP contribution in [0.3, 0.4) is 0 Å². The molecule has 0 fully saturated rings. The van der Waals surface area contributed by atoms with Crippen molar-refractivity contribution in [2.75, 3.05) is 11.9 Å². The molecule has 0 radical (unpaired) electrons. The van der Waals surface area contributed by atoms with Gasteiger partial charge in [0.05, 0.1) is 17.7 Å². The first-order valence-corrected chi connectivity index (χ1v) is 7.12. The van der Waals surface area contributed by atoms with Crippen molar-refractivity contribution in [1.82, 2.24) is 15.0 Å². The van der Waals surface area contributed by atoms with Gasteiger partial charge in [-0.2, -0.15) is 0 Å². The van der Waals surface area contributed by atoms with Crippen LogP contribution in [-0.4, -0.2) is 22.0 Å². The molecule has 0 aromatic carbocycles. The van der Waals surface area contributed by atoms with E-state index in [4.69, 9.17) is 11.6 Å². The maximum atomic E-state index is 6.02. The Bertz CT molecular complexity index is 501. The molecular weight excluding hydrogens is 268 g/mol. The Labute approximate surface area is 116 Å². The zero-order valence-electron chi connectivity index (χ0n) is 10.4. The van der Waals surface area contributed by atoms with E-state index in [1.807, 2.05) is 22.8 Å². The highest BCUT2D eigenvalue weighted by Gasteiger charge is 2.08. The minimum absolute atomic E-state index is 0.494. The van der Waals surface area contributed by atoms with Crippen LogP contribution in [0.15, 0.2) is 17.0 Å². The smallest absolute Gasteiger partial charge is 0.134 e. The molecule has 0 saturated carbocycles. The number of nitrogens with zero attached hydrogens (tertiary/aromatic N) is 4. The lowest BCUT2D eigenvalue weighted by Crippen LogP contribution is -2.18. The van der Waals surface area contributed by atoms with Crippen LogP contribution >= 0.6 is 22.9 Å². The van der Waals surface area contributed by atoms with Crippen LogP contribution in [0.1, 0.15) is 24.9 Å².